The second-order valence-corrected chi connectivity index (χ2v) is 6.87. The number of nitrogens with one attached hydrogen (secondary N) is 1. The van der Waals surface area contributed by atoms with Crippen molar-refractivity contribution in [2.24, 2.45) is 7.05 Å². The molecule has 0 unspecified atom stereocenters. The normalized spacial score (nSPS) is 11.0. The second-order valence-electron chi connectivity index (χ2n) is 5.92. The molecule has 0 spiro atoms. The summed E-state index contributed by atoms with van der Waals surface area (Å²) in [5, 5.41) is 9.60. The van der Waals surface area contributed by atoms with Crippen molar-refractivity contribution in [1.82, 2.24) is 24.7 Å². The van der Waals surface area contributed by atoms with Gasteiger partial charge >= 0.3 is 0 Å². The van der Waals surface area contributed by atoms with Crippen LogP contribution in [-0.4, -0.2) is 24.7 Å². The van der Waals surface area contributed by atoms with Gasteiger partial charge < -0.3 is 9.73 Å². The molecule has 0 saturated heterocycles. The van der Waals surface area contributed by atoms with Crippen LogP contribution < -0.4 is 5.32 Å². The number of thiophene rings is 1. The fourth-order valence-corrected chi connectivity index (χ4v) is 3.35. The first-order valence-electron chi connectivity index (χ1n) is 8.18. The zero-order valence-corrected chi connectivity index (χ0v) is 15.5. The predicted octanol–water partition coefficient (Wildman–Crippen LogP) is 3.82. The van der Waals surface area contributed by atoms with Crippen molar-refractivity contribution < 1.29 is 4.42 Å². The van der Waals surface area contributed by atoms with E-state index in [1.807, 2.05) is 50.7 Å². The summed E-state index contributed by atoms with van der Waals surface area (Å²) in [7, 11) is 1.90. The van der Waals surface area contributed by atoms with Gasteiger partial charge in [0.1, 0.15) is 11.5 Å². The van der Waals surface area contributed by atoms with Crippen LogP contribution in [0.15, 0.2) is 40.4 Å². The Kier molecular flexibility index (Phi) is 4.26. The number of aryl methyl sites for hydroxylation is 3. The van der Waals surface area contributed by atoms with E-state index in [-0.39, 0.29) is 0 Å². The van der Waals surface area contributed by atoms with Crippen LogP contribution in [0.1, 0.15) is 17.1 Å². The van der Waals surface area contributed by atoms with Gasteiger partial charge in [-0.05, 0) is 31.4 Å². The first kappa shape index (κ1) is 16.5. The minimum Gasteiger partial charge on any atom is -0.440 e. The highest BCUT2D eigenvalue weighted by atomic mass is 32.1. The molecule has 0 aliphatic carbocycles. The fraction of sp³-hybridized carbons (Fsp3) is 0.222. The predicted molar refractivity (Wildman–Crippen MR) is 101 cm³/mol. The van der Waals surface area contributed by atoms with Crippen molar-refractivity contribution >= 4 is 17.3 Å². The lowest BCUT2D eigenvalue weighted by molar-refractivity contribution is 0.541. The number of oxazole rings is 1. The molecule has 0 saturated carbocycles. The molecule has 0 bridgehead atoms. The maximum Gasteiger partial charge on any atom is 0.236 e. The monoisotopic (exact) mass is 366 g/mol. The lowest BCUT2D eigenvalue weighted by Gasteiger charge is -2.05. The van der Waals surface area contributed by atoms with Crippen LogP contribution >= 0.6 is 11.3 Å². The number of hydrogen-bond acceptors (Lipinski definition) is 7. The van der Waals surface area contributed by atoms with Crippen LogP contribution in [0.2, 0.25) is 0 Å². The highest BCUT2D eigenvalue weighted by Crippen LogP contribution is 2.26. The van der Waals surface area contributed by atoms with Crippen LogP contribution in [0.25, 0.3) is 22.0 Å². The molecule has 4 aromatic rings. The molecule has 0 atom stereocenters. The van der Waals surface area contributed by atoms with Crippen molar-refractivity contribution in [3.8, 4) is 22.0 Å². The van der Waals surface area contributed by atoms with E-state index in [4.69, 9.17) is 4.42 Å². The van der Waals surface area contributed by atoms with Gasteiger partial charge in [-0.15, -0.1) is 11.3 Å². The van der Waals surface area contributed by atoms with Gasteiger partial charge in [0.2, 0.25) is 11.8 Å². The van der Waals surface area contributed by atoms with Crippen LogP contribution in [0.4, 0.5) is 5.95 Å². The summed E-state index contributed by atoms with van der Waals surface area (Å²) in [4.78, 5) is 14.5. The summed E-state index contributed by atoms with van der Waals surface area (Å²) in [5.74, 6) is 1.99. The Morgan fingerprint density at radius 2 is 2.12 bits per heavy atom. The highest BCUT2D eigenvalue weighted by molar-refractivity contribution is 7.13. The first-order chi connectivity index (χ1) is 12.6. The van der Waals surface area contributed by atoms with E-state index in [9.17, 15) is 0 Å². The third-order valence-corrected chi connectivity index (χ3v) is 4.84. The zero-order valence-electron chi connectivity index (χ0n) is 14.7. The summed E-state index contributed by atoms with van der Waals surface area (Å²) < 4.78 is 7.55. The second kappa shape index (κ2) is 6.72. The topological polar surface area (TPSA) is 81.7 Å². The molecule has 0 aliphatic rings. The third kappa shape index (κ3) is 3.23. The molecule has 4 aromatic heterocycles. The number of aromatic nitrogens is 5. The van der Waals surface area contributed by atoms with Gasteiger partial charge in [0.05, 0.1) is 22.8 Å². The molecule has 4 heterocycles. The number of rotatable bonds is 5. The molecule has 7 nitrogen and oxygen atoms in total. The fourth-order valence-electron chi connectivity index (χ4n) is 2.71. The van der Waals surface area contributed by atoms with Crippen molar-refractivity contribution in [3.05, 3.63) is 53.1 Å². The maximum absolute atomic E-state index is 5.77. The van der Waals surface area contributed by atoms with Crippen molar-refractivity contribution in [2.75, 3.05) is 5.32 Å². The maximum atomic E-state index is 5.77. The van der Waals surface area contributed by atoms with Gasteiger partial charge in [0, 0.05) is 25.0 Å². The molecule has 26 heavy (non-hydrogen) atoms. The summed E-state index contributed by atoms with van der Waals surface area (Å²) in [6, 6.07) is 5.86. The molecular formula is C18H18N6OS. The third-order valence-electron chi connectivity index (χ3n) is 3.98. The van der Waals surface area contributed by atoms with E-state index in [1.54, 1.807) is 22.2 Å². The van der Waals surface area contributed by atoms with Gasteiger partial charge in [-0.3, -0.25) is 4.68 Å². The number of nitrogens with zero attached hydrogens (tertiary/aromatic N) is 5. The minimum atomic E-state index is 0.496. The molecule has 132 valence electrons. The Morgan fingerprint density at radius 1 is 1.23 bits per heavy atom. The summed E-state index contributed by atoms with van der Waals surface area (Å²) in [6.45, 7) is 4.38. The Labute approximate surface area is 154 Å². The van der Waals surface area contributed by atoms with E-state index in [2.05, 4.69) is 25.4 Å². The van der Waals surface area contributed by atoms with E-state index < -0.39 is 0 Å². The largest absolute Gasteiger partial charge is 0.440 e. The van der Waals surface area contributed by atoms with E-state index >= 15 is 0 Å². The molecule has 0 radical (unpaired) electrons. The van der Waals surface area contributed by atoms with Crippen molar-refractivity contribution in [1.29, 1.82) is 0 Å². The van der Waals surface area contributed by atoms with Crippen molar-refractivity contribution in [2.45, 2.75) is 20.4 Å². The average Bonchev–Trinajstić information content (AvgIpc) is 3.34. The zero-order chi connectivity index (χ0) is 18.1. The van der Waals surface area contributed by atoms with E-state index in [1.165, 1.54) is 0 Å². The van der Waals surface area contributed by atoms with E-state index in [0.717, 1.165) is 33.3 Å². The molecular weight excluding hydrogens is 348 g/mol. The Hall–Kier alpha value is -3.00. The summed E-state index contributed by atoms with van der Waals surface area (Å²) in [6.07, 6.45) is 3.69. The van der Waals surface area contributed by atoms with Gasteiger partial charge in [-0.1, -0.05) is 6.07 Å². The first-order valence-corrected chi connectivity index (χ1v) is 9.06. The van der Waals surface area contributed by atoms with Crippen LogP contribution in [-0.2, 0) is 13.6 Å². The molecule has 0 fully saturated rings. The van der Waals surface area contributed by atoms with Gasteiger partial charge in [0.15, 0.2) is 0 Å². The summed E-state index contributed by atoms with van der Waals surface area (Å²) >= 11 is 1.61. The van der Waals surface area contributed by atoms with Crippen LogP contribution in [0.3, 0.4) is 0 Å². The molecule has 0 aliphatic heterocycles. The lowest BCUT2D eigenvalue weighted by Crippen LogP contribution is -2.05. The molecule has 0 amide bonds. The standard InChI is InChI=1S/C18H18N6OS/c1-11-13(10-24(3)23-11)14-6-7-19-18(22-14)20-9-15-12(2)25-17(21-15)16-5-4-8-26-16/h4-8,10H,9H2,1-3H3,(H,19,20,22). The Bertz CT molecular complexity index is 1030. The molecule has 4 rings (SSSR count). The van der Waals surface area contributed by atoms with Crippen LogP contribution in [0.5, 0.6) is 0 Å². The molecule has 1 N–H and O–H groups in total. The molecule has 0 aromatic carbocycles. The quantitative estimate of drug-likeness (QED) is 0.578. The Balaban J connectivity index is 1.52. The van der Waals surface area contributed by atoms with Gasteiger partial charge in [0.25, 0.3) is 0 Å². The van der Waals surface area contributed by atoms with Crippen molar-refractivity contribution in [3.63, 3.8) is 0 Å². The minimum absolute atomic E-state index is 0.496. The van der Waals surface area contributed by atoms with Gasteiger partial charge in [-0.2, -0.15) is 5.10 Å². The lowest BCUT2D eigenvalue weighted by atomic mass is 10.2. The SMILES string of the molecule is Cc1nn(C)cc1-c1ccnc(NCc2nc(-c3cccs3)oc2C)n1. The average molecular weight is 366 g/mol. The Morgan fingerprint density at radius 3 is 2.85 bits per heavy atom. The van der Waals surface area contributed by atoms with Gasteiger partial charge in [-0.25, -0.2) is 15.0 Å². The number of anilines is 1. The van der Waals surface area contributed by atoms with Crippen LogP contribution in [0, 0.1) is 13.8 Å². The highest BCUT2D eigenvalue weighted by Gasteiger charge is 2.13. The summed E-state index contributed by atoms with van der Waals surface area (Å²) in [5.41, 5.74) is 3.62. The smallest absolute Gasteiger partial charge is 0.236 e. The molecule has 8 heteroatoms. The number of hydrogen-bond donors (Lipinski definition) is 1. The van der Waals surface area contributed by atoms with E-state index in [0.29, 0.717) is 18.4 Å².